The molecule has 0 bridgehead atoms. The van der Waals surface area contributed by atoms with Gasteiger partial charge in [0.2, 0.25) is 0 Å². The summed E-state index contributed by atoms with van der Waals surface area (Å²) in [6, 6.07) is 9.18. The molecule has 0 saturated heterocycles. The van der Waals surface area contributed by atoms with E-state index in [1.807, 2.05) is 27.7 Å². The number of hydrogen-bond donors (Lipinski definition) is 1. The Kier molecular flexibility index (Phi) is 5.96. The first-order valence-corrected chi connectivity index (χ1v) is 10.2. The van der Waals surface area contributed by atoms with E-state index in [-0.39, 0.29) is 22.0 Å². The average molecular weight is 397 g/mol. The minimum atomic E-state index is -0.410. The van der Waals surface area contributed by atoms with Crippen LogP contribution in [0.4, 0.5) is 0 Å². The zero-order valence-electron chi connectivity index (χ0n) is 19.7. The molecule has 0 unspecified atom stereocenters. The van der Waals surface area contributed by atoms with Gasteiger partial charge in [0.05, 0.1) is 5.56 Å². The number of ether oxygens (including phenoxy) is 1. The van der Waals surface area contributed by atoms with E-state index in [2.05, 4.69) is 53.7 Å². The lowest BCUT2D eigenvalue weighted by Crippen LogP contribution is -2.21. The standard InChI is InChI=1S/C26H36O3/c1-16-13-18(24(2,3)4)15-20(26(8,9)10)22(16)29-23(28)17-11-12-21(27)19(14-17)25(5,6)7/h11-15,27H,1-10H3. The highest BCUT2D eigenvalue weighted by Gasteiger charge is 2.27. The van der Waals surface area contributed by atoms with Crippen molar-refractivity contribution >= 4 is 5.97 Å². The summed E-state index contributed by atoms with van der Waals surface area (Å²) >= 11 is 0. The minimum Gasteiger partial charge on any atom is -0.508 e. The molecule has 0 heterocycles. The molecule has 1 N–H and O–H groups in total. The van der Waals surface area contributed by atoms with Gasteiger partial charge in [-0.1, -0.05) is 74.4 Å². The van der Waals surface area contributed by atoms with E-state index < -0.39 is 5.97 Å². The van der Waals surface area contributed by atoms with Crippen molar-refractivity contribution in [3.05, 3.63) is 58.1 Å². The molecule has 29 heavy (non-hydrogen) atoms. The van der Waals surface area contributed by atoms with Crippen LogP contribution < -0.4 is 4.74 Å². The first-order chi connectivity index (χ1) is 13.0. The van der Waals surface area contributed by atoms with Crippen molar-refractivity contribution in [1.29, 1.82) is 0 Å². The third-order valence-electron chi connectivity index (χ3n) is 5.18. The molecule has 0 aliphatic rings. The number of benzene rings is 2. The molecular weight excluding hydrogens is 360 g/mol. The second-order valence-electron chi connectivity index (χ2n) is 11.0. The van der Waals surface area contributed by atoms with Gasteiger partial charge in [-0.15, -0.1) is 0 Å². The van der Waals surface area contributed by atoms with Gasteiger partial charge in [-0.05, 0) is 52.5 Å². The highest BCUT2D eigenvalue weighted by molar-refractivity contribution is 5.92. The molecular formula is C26H36O3. The predicted octanol–water partition coefficient (Wildman–Crippen LogP) is 6.81. The van der Waals surface area contributed by atoms with Gasteiger partial charge in [-0.25, -0.2) is 4.79 Å². The SMILES string of the molecule is Cc1cc(C(C)(C)C)cc(C(C)(C)C)c1OC(=O)c1ccc(O)c(C(C)(C)C)c1. The Bertz CT molecular complexity index is 917. The lowest BCUT2D eigenvalue weighted by Gasteiger charge is -2.28. The minimum absolute atomic E-state index is 0.00582. The van der Waals surface area contributed by atoms with Crippen molar-refractivity contribution in [1.82, 2.24) is 0 Å². The van der Waals surface area contributed by atoms with Gasteiger partial charge < -0.3 is 9.84 Å². The van der Waals surface area contributed by atoms with Gasteiger partial charge in [-0.3, -0.25) is 0 Å². The van der Waals surface area contributed by atoms with Crippen LogP contribution in [-0.2, 0) is 16.2 Å². The van der Waals surface area contributed by atoms with Crippen LogP contribution in [0.15, 0.2) is 30.3 Å². The number of rotatable bonds is 2. The fraction of sp³-hybridized carbons (Fsp3) is 0.500. The van der Waals surface area contributed by atoms with Gasteiger partial charge in [0.1, 0.15) is 11.5 Å². The molecule has 2 aromatic rings. The van der Waals surface area contributed by atoms with Gasteiger partial charge >= 0.3 is 5.97 Å². The van der Waals surface area contributed by atoms with Crippen LogP contribution in [-0.4, -0.2) is 11.1 Å². The highest BCUT2D eigenvalue weighted by atomic mass is 16.5. The normalized spacial score (nSPS) is 12.8. The lowest BCUT2D eigenvalue weighted by atomic mass is 9.79. The molecule has 0 aliphatic carbocycles. The Morgan fingerprint density at radius 2 is 1.34 bits per heavy atom. The molecule has 158 valence electrons. The second kappa shape index (κ2) is 7.51. The Hall–Kier alpha value is -2.29. The van der Waals surface area contributed by atoms with Gasteiger partial charge in [0.25, 0.3) is 0 Å². The van der Waals surface area contributed by atoms with E-state index in [1.165, 1.54) is 5.56 Å². The number of carbonyl (C=O) groups is 1. The van der Waals surface area contributed by atoms with Crippen LogP contribution in [0.1, 0.15) is 94.9 Å². The van der Waals surface area contributed by atoms with E-state index in [4.69, 9.17) is 4.74 Å². The van der Waals surface area contributed by atoms with Crippen LogP contribution in [0.25, 0.3) is 0 Å². The maximum Gasteiger partial charge on any atom is 0.343 e. The quantitative estimate of drug-likeness (QED) is 0.448. The molecule has 0 aromatic heterocycles. The van der Waals surface area contributed by atoms with Crippen molar-refractivity contribution in [3.8, 4) is 11.5 Å². The van der Waals surface area contributed by atoms with E-state index in [9.17, 15) is 9.90 Å². The van der Waals surface area contributed by atoms with Crippen molar-refractivity contribution in [2.45, 2.75) is 85.5 Å². The van der Waals surface area contributed by atoms with E-state index in [0.29, 0.717) is 11.3 Å². The molecule has 0 amide bonds. The molecule has 0 spiro atoms. The molecule has 0 atom stereocenters. The zero-order valence-corrected chi connectivity index (χ0v) is 19.7. The van der Waals surface area contributed by atoms with Crippen LogP contribution in [0.5, 0.6) is 11.5 Å². The number of esters is 1. The summed E-state index contributed by atoms with van der Waals surface area (Å²) < 4.78 is 5.94. The molecule has 0 aliphatic heterocycles. The third-order valence-corrected chi connectivity index (χ3v) is 5.18. The number of hydrogen-bond acceptors (Lipinski definition) is 3. The van der Waals surface area contributed by atoms with E-state index >= 15 is 0 Å². The summed E-state index contributed by atoms with van der Waals surface area (Å²) in [6.07, 6.45) is 0. The number of aryl methyl sites for hydroxylation is 1. The summed E-state index contributed by atoms with van der Waals surface area (Å²) in [5.41, 5.74) is 3.91. The summed E-state index contributed by atoms with van der Waals surface area (Å²) in [5.74, 6) is 0.406. The van der Waals surface area contributed by atoms with Crippen molar-refractivity contribution in [3.63, 3.8) is 0 Å². The van der Waals surface area contributed by atoms with Crippen LogP contribution in [0.2, 0.25) is 0 Å². The van der Waals surface area contributed by atoms with E-state index in [0.717, 1.165) is 16.7 Å². The molecule has 3 nitrogen and oxygen atoms in total. The lowest BCUT2D eigenvalue weighted by molar-refractivity contribution is 0.0730. The predicted molar refractivity (Wildman–Crippen MR) is 120 cm³/mol. The molecule has 0 radical (unpaired) electrons. The Labute approximate surface area is 176 Å². The summed E-state index contributed by atoms with van der Waals surface area (Å²) in [4.78, 5) is 13.0. The summed E-state index contributed by atoms with van der Waals surface area (Å²) in [6.45, 7) is 20.9. The van der Waals surface area contributed by atoms with Gasteiger partial charge in [0.15, 0.2) is 0 Å². The molecule has 3 heteroatoms. The maximum absolute atomic E-state index is 13.0. The van der Waals surface area contributed by atoms with Crippen LogP contribution in [0, 0.1) is 6.92 Å². The number of aromatic hydroxyl groups is 1. The van der Waals surface area contributed by atoms with E-state index in [1.54, 1.807) is 18.2 Å². The van der Waals surface area contributed by atoms with Crippen molar-refractivity contribution in [2.75, 3.05) is 0 Å². The Morgan fingerprint density at radius 3 is 1.83 bits per heavy atom. The summed E-state index contributed by atoms with van der Waals surface area (Å²) in [7, 11) is 0. The van der Waals surface area contributed by atoms with Crippen LogP contribution in [0.3, 0.4) is 0 Å². The van der Waals surface area contributed by atoms with Crippen molar-refractivity contribution < 1.29 is 14.6 Å². The zero-order chi connectivity index (χ0) is 22.4. The molecule has 0 saturated carbocycles. The van der Waals surface area contributed by atoms with Crippen molar-refractivity contribution in [2.24, 2.45) is 0 Å². The highest BCUT2D eigenvalue weighted by Crippen LogP contribution is 2.39. The largest absolute Gasteiger partial charge is 0.508 e. The Morgan fingerprint density at radius 1 is 0.793 bits per heavy atom. The Balaban J connectivity index is 2.53. The van der Waals surface area contributed by atoms with Gasteiger partial charge in [-0.2, -0.15) is 0 Å². The smallest absolute Gasteiger partial charge is 0.343 e. The molecule has 2 aromatic carbocycles. The molecule has 0 fully saturated rings. The third kappa shape index (κ3) is 5.20. The fourth-order valence-electron chi connectivity index (χ4n) is 3.31. The summed E-state index contributed by atoms with van der Waals surface area (Å²) in [5, 5.41) is 10.2. The van der Waals surface area contributed by atoms with Gasteiger partial charge in [0, 0.05) is 11.1 Å². The maximum atomic E-state index is 13.0. The fourth-order valence-corrected chi connectivity index (χ4v) is 3.31. The topological polar surface area (TPSA) is 46.5 Å². The first-order valence-electron chi connectivity index (χ1n) is 10.2. The average Bonchev–Trinajstić information content (AvgIpc) is 2.53. The number of phenolic OH excluding ortho intramolecular Hbond substituents is 1. The first kappa shape index (κ1) is 23.0. The number of carbonyl (C=O) groups excluding carboxylic acids is 1. The van der Waals surface area contributed by atoms with Crippen LogP contribution >= 0.6 is 0 Å². The number of phenols is 1. The second-order valence-corrected chi connectivity index (χ2v) is 11.0. The monoisotopic (exact) mass is 396 g/mol. The molecule has 2 rings (SSSR count).